The first-order chi connectivity index (χ1) is 23.0. The molecule has 4 aliphatic carbocycles. The highest BCUT2D eigenvalue weighted by Gasteiger charge is 2.76. The van der Waals surface area contributed by atoms with E-state index in [0.717, 1.165) is 37.3 Å². The number of carbonyl (C=O) groups is 4. The van der Waals surface area contributed by atoms with Gasteiger partial charge >= 0.3 is 0 Å². The number of phenolic OH excluding ortho intramolecular Hbond substituents is 1. The second-order valence-electron chi connectivity index (χ2n) is 15.3. The molecule has 4 N–H and O–H groups in total. The number of aromatic hydroxyl groups is 1. The summed E-state index contributed by atoms with van der Waals surface area (Å²) in [5.74, 6) is -7.56. The first-order valence-corrected chi connectivity index (χ1v) is 17.4. The highest BCUT2D eigenvalue weighted by atomic mass is 16.3. The van der Waals surface area contributed by atoms with Gasteiger partial charge in [0.1, 0.15) is 28.6 Å². The number of benzene rings is 2. The maximum atomic E-state index is 15.2. The summed E-state index contributed by atoms with van der Waals surface area (Å²) in [6.45, 7) is 9.93. The van der Waals surface area contributed by atoms with Crippen molar-refractivity contribution >= 4 is 40.5 Å². The lowest BCUT2D eigenvalue weighted by Gasteiger charge is -2.64. The number of allylic oxidation sites excluding steroid dienone is 2. The number of fused-ring (bicyclic) bond motifs is 3. The monoisotopic (exact) mass is 666 g/mol. The third kappa shape index (κ3) is 4.73. The lowest BCUT2D eigenvalue weighted by molar-refractivity contribution is -0.193. The Bertz CT molecular complexity index is 1870. The van der Waals surface area contributed by atoms with Crippen LogP contribution in [-0.2, 0) is 19.2 Å². The highest BCUT2D eigenvalue weighted by molar-refractivity contribution is 6.25. The van der Waals surface area contributed by atoms with Crippen LogP contribution < -0.4 is 0 Å². The van der Waals surface area contributed by atoms with Crippen molar-refractivity contribution in [3.8, 4) is 5.75 Å². The van der Waals surface area contributed by atoms with E-state index in [-0.39, 0.29) is 35.0 Å². The Kier molecular flexibility index (Phi) is 8.42. The second-order valence-corrected chi connectivity index (χ2v) is 15.3. The van der Waals surface area contributed by atoms with Crippen LogP contribution in [0.15, 0.2) is 59.4 Å². The molecule has 5 atom stereocenters. The zero-order valence-electron chi connectivity index (χ0n) is 29.1. The largest absolute Gasteiger partial charge is 0.508 e. The minimum atomic E-state index is -2.85. The summed E-state index contributed by atoms with van der Waals surface area (Å²) in [4.78, 5) is 57.0. The molecule has 2 fully saturated rings. The summed E-state index contributed by atoms with van der Waals surface area (Å²) in [6.07, 6.45) is 5.92. The summed E-state index contributed by atoms with van der Waals surface area (Å²) < 4.78 is 0. The number of ketones is 4. The molecular formula is C41H46O8. The van der Waals surface area contributed by atoms with Crippen LogP contribution in [0.4, 0.5) is 0 Å². The van der Waals surface area contributed by atoms with Crippen molar-refractivity contribution in [3.63, 3.8) is 0 Å². The van der Waals surface area contributed by atoms with Crippen molar-refractivity contribution in [2.24, 2.45) is 34.5 Å². The topological polar surface area (TPSA) is 149 Å². The van der Waals surface area contributed by atoms with Crippen LogP contribution >= 0.6 is 0 Å². The van der Waals surface area contributed by atoms with Crippen LogP contribution in [0.25, 0.3) is 17.4 Å². The van der Waals surface area contributed by atoms with E-state index in [2.05, 4.69) is 0 Å². The fourth-order valence-electron chi connectivity index (χ4n) is 9.91. The van der Waals surface area contributed by atoms with E-state index in [0.29, 0.717) is 24.0 Å². The predicted molar refractivity (Wildman–Crippen MR) is 186 cm³/mol. The highest BCUT2D eigenvalue weighted by Crippen LogP contribution is 2.71. The number of aliphatic hydroxyl groups is 3. The van der Waals surface area contributed by atoms with Crippen molar-refractivity contribution in [2.45, 2.75) is 85.7 Å². The van der Waals surface area contributed by atoms with E-state index in [1.807, 2.05) is 37.3 Å². The lowest BCUT2D eigenvalue weighted by Crippen LogP contribution is -2.73. The molecule has 6 rings (SSSR count). The van der Waals surface area contributed by atoms with Gasteiger partial charge in [-0.1, -0.05) is 95.0 Å². The molecule has 0 saturated heterocycles. The van der Waals surface area contributed by atoms with E-state index in [4.69, 9.17) is 0 Å². The number of Topliss-reactive ketones (excluding diaryl/α,β-unsaturated/α-hetero) is 4. The summed E-state index contributed by atoms with van der Waals surface area (Å²) in [5.41, 5.74) is -4.40. The average molecular weight is 667 g/mol. The summed E-state index contributed by atoms with van der Waals surface area (Å²) >= 11 is 0. The van der Waals surface area contributed by atoms with Gasteiger partial charge in [-0.3, -0.25) is 19.2 Å². The Hall–Kier alpha value is -4.30. The van der Waals surface area contributed by atoms with Gasteiger partial charge in [-0.05, 0) is 61.3 Å². The van der Waals surface area contributed by atoms with Gasteiger partial charge in [0, 0.05) is 29.1 Å². The zero-order chi connectivity index (χ0) is 35.8. The molecule has 2 aromatic carbocycles. The Balaban J connectivity index is 1.76. The Morgan fingerprint density at radius 3 is 2.18 bits per heavy atom. The molecule has 0 spiro atoms. The van der Waals surface area contributed by atoms with Crippen LogP contribution in [-0.4, -0.2) is 49.2 Å². The minimum absolute atomic E-state index is 0.0196. The predicted octanol–water partition coefficient (Wildman–Crippen LogP) is 7.26. The summed E-state index contributed by atoms with van der Waals surface area (Å²) in [6, 6.07) is 12.4. The molecule has 258 valence electrons. The van der Waals surface area contributed by atoms with Crippen molar-refractivity contribution < 1.29 is 39.6 Å². The Labute approximate surface area is 287 Å². The van der Waals surface area contributed by atoms with E-state index >= 15 is 4.79 Å². The third-order valence-electron chi connectivity index (χ3n) is 12.3. The summed E-state index contributed by atoms with van der Waals surface area (Å²) in [5, 5.41) is 48.1. The third-order valence-corrected chi connectivity index (χ3v) is 12.3. The van der Waals surface area contributed by atoms with Gasteiger partial charge in [0.25, 0.3) is 0 Å². The average Bonchev–Trinajstić information content (AvgIpc) is 3.04. The van der Waals surface area contributed by atoms with Gasteiger partial charge < -0.3 is 20.4 Å². The Morgan fingerprint density at radius 2 is 1.59 bits per heavy atom. The number of phenols is 1. The quantitative estimate of drug-likeness (QED) is 0.235. The van der Waals surface area contributed by atoms with Crippen LogP contribution in [0.1, 0.15) is 95.4 Å². The first-order valence-electron chi connectivity index (χ1n) is 17.4. The van der Waals surface area contributed by atoms with Crippen molar-refractivity contribution in [3.05, 3.63) is 81.6 Å². The van der Waals surface area contributed by atoms with Gasteiger partial charge in [0.2, 0.25) is 5.78 Å². The number of carbonyl (C=O) groups excluding carboxylic acids is 4. The number of aliphatic hydroxyl groups excluding tert-OH is 2. The number of rotatable bonds is 6. The van der Waals surface area contributed by atoms with Gasteiger partial charge in [0.15, 0.2) is 17.2 Å². The fraction of sp³-hybridized carbons (Fsp3) is 0.463. The zero-order valence-corrected chi connectivity index (χ0v) is 29.1. The normalized spacial score (nSPS) is 31.1. The van der Waals surface area contributed by atoms with Gasteiger partial charge in [-0.2, -0.15) is 0 Å². The summed E-state index contributed by atoms with van der Waals surface area (Å²) in [7, 11) is 0. The number of hydrogen-bond acceptors (Lipinski definition) is 8. The number of aryl methyl sites for hydroxylation is 1. The maximum absolute atomic E-state index is 15.2. The molecule has 0 aromatic heterocycles. The molecule has 0 bridgehead atoms. The standard InChI is InChI=1S/C41H46O8/c1-21(2)33-35(45)31(23(4)42)37(47)41(49)38(48)34-36(46)32-26(13-10-14-28(32)43)27(19-24-17-15-22(3)16-18-24)39(34,5)30(40(33,41)6)20-29(44)25-11-8-7-9-12-25/h10,13-19,21,25,30,33,43,46-47,49H,7-9,11-12,20H2,1-6H3/b27-19+/t30-,33?,39-,40-,41+/m1/s1. The van der Waals surface area contributed by atoms with E-state index < -0.39 is 68.6 Å². The minimum Gasteiger partial charge on any atom is -0.508 e. The molecule has 2 saturated carbocycles. The maximum Gasteiger partial charge on any atom is 0.203 e. The Morgan fingerprint density at radius 1 is 0.959 bits per heavy atom. The molecule has 8 nitrogen and oxygen atoms in total. The molecular weight excluding hydrogens is 620 g/mol. The van der Waals surface area contributed by atoms with Gasteiger partial charge in [-0.25, -0.2) is 0 Å². The van der Waals surface area contributed by atoms with Crippen LogP contribution in [0, 0.1) is 41.4 Å². The van der Waals surface area contributed by atoms with Gasteiger partial charge in [0.05, 0.1) is 11.1 Å². The van der Waals surface area contributed by atoms with Crippen molar-refractivity contribution in [2.75, 3.05) is 0 Å². The molecule has 49 heavy (non-hydrogen) atoms. The lowest BCUT2D eigenvalue weighted by atomic mass is 9.37. The van der Waals surface area contributed by atoms with Crippen LogP contribution in [0.5, 0.6) is 5.75 Å². The first kappa shape index (κ1) is 34.6. The van der Waals surface area contributed by atoms with Crippen LogP contribution in [0.3, 0.4) is 0 Å². The van der Waals surface area contributed by atoms with E-state index in [1.54, 1.807) is 39.8 Å². The second kappa shape index (κ2) is 11.9. The van der Waals surface area contributed by atoms with Gasteiger partial charge in [-0.15, -0.1) is 0 Å². The molecule has 0 heterocycles. The molecule has 8 heteroatoms. The van der Waals surface area contributed by atoms with E-state index in [9.17, 15) is 34.8 Å². The smallest absolute Gasteiger partial charge is 0.203 e. The van der Waals surface area contributed by atoms with Crippen LogP contribution in [0.2, 0.25) is 0 Å². The molecule has 0 radical (unpaired) electrons. The molecule has 1 unspecified atom stereocenters. The molecule has 4 aliphatic rings. The fourth-order valence-corrected chi connectivity index (χ4v) is 9.91. The number of hydrogen-bond donors (Lipinski definition) is 4. The van der Waals surface area contributed by atoms with Crippen molar-refractivity contribution in [1.29, 1.82) is 0 Å². The van der Waals surface area contributed by atoms with Crippen molar-refractivity contribution in [1.82, 2.24) is 0 Å². The molecule has 2 aromatic rings. The molecule has 0 amide bonds. The SMILES string of the molecule is CC(=O)C1=C(O)[C@]2(O)C(=O)C3=C(O)c4c(O)cccc4/C(=C\c4ccc(C)cc4)[C@]3(C)[C@@H](CC(=O)C3CCCCC3)[C@]2(C)C(C(C)C)C1=O. The van der Waals surface area contributed by atoms with E-state index in [1.165, 1.54) is 6.07 Å². The molecule has 0 aliphatic heterocycles.